The molecule has 150 valence electrons. The molecule has 1 saturated heterocycles. The third kappa shape index (κ3) is 4.57. The number of ether oxygens (including phenoxy) is 4. The Balaban J connectivity index is 1.47. The molecular weight excluding hydrogens is 374 g/mol. The molecule has 1 fully saturated rings. The van der Waals surface area contributed by atoms with E-state index in [1.165, 1.54) is 6.08 Å². The molecule has 2 aromatic carbocycles. The summed E-state index contributed by atoms with van der Waals surface area (Å²) >= 11 is 0. The maximum absolute atomic E-state index is 13.0. The molecule has 7 heteroatoms. The summed E-state index contributed by atoms with van der Waals surface area (Å²) in [5.41, 5.74) is 1.40. The van der Waals surface area contributed by atoms with E-state index in [1.807, 2.05) is 24.3 Å². The molecule has 0 aromatic heterocycles. The van der Waals surface area contributed by atoms with E-state index in [9.17, 15) is 9.59 Å². The molecule has 1 atom stereocenters. The lowest BCUT2D eigenvalue weighted by Gasteiger charge is -2.30. The fraction of sp³-hybridized carbons (Fsp3) is 0.273. The van der Waals surface area contributed by atoms with Crippen molar-refractivity contribution < 1.29 is 28.5 Å². The van der Waals surface area contributed by atoms with Crippen LogP contribution in [-0.2, 0) is 19.1 Å². The Labute approximate surface area is 168 Å². The zero-order valence-electron chi connectivity index (χ0n) is 15.8. The van der Waals surface area contributed by atoms with Crippen molar-refractivity contribution in [2.45, 2.75) is 6.10 Å². The van der Waals surface area contributed by atoms with Crippen molar-refractivity contribution in [3.8, 4) is 11.5 Å². The number of carbonyl (C=O) groups is 2. The van der Waals surface area contributed by atoms with Crippen LogP contribution in [0.3, 0.4) is 0 Å². The Hall–Kier alpha value is -3.32. The summed E-state index contributed by atoms with van der Waals surface area (Å²) in [5.74, 6) is 0.456. The number of esters is 1. The van der Waals surface area contributed by atoms with Crippen LogP contribution >= 0.6 is 0 Å². The van der Waals surface area contributed by atoms with Crippen molar-refractivity contribution in [3.63, 3.8) is 0 Å². The number of rotatable bonds is 5. The highest BCUT2D eigenvalue weighted by Gasteiger charge is 2.30. The largest absolute Gasteiger partial charge is 0.454 e. The van der Waals surface area contributed by atoms with Crippen LogP contribution in [-0.4, -0.2) is 49.9 Å². The summed E-state index contributed by atoms with van der Waals surface area (Å²) < 4.78 is 21.5. The van der Waals surface area contributed by atoms with Gasteiger partial charge in [0.2, 0.25) is 12.9 Å². The number of carbonyl (C=O) groups excluding carboxylic acids is 2. The molecule has 29 heavy (non-hydrogen) atoms. The molecule has 7 nitrogen and oxygen atoms in total. The van der Waals surface area contributed by atoms with Gasteiger partial charge in [0.05, 0.1) is 13.2 Å². The summed E-state index contributed by atoms with van der Waals surface area (Å²) in [6.07, 6.45) is 1.93. The minimum atomic E-state index is -0.997. The first-order valence-corrected chi connectivity index (χ1v) is 9.40. The molecule has 0 unspecified atom stereocenters. The number of benzene rings is 2. The Kier molecular flexibility index (Phi) is 5.76. The molecule has 0 N–H and O–H groups in total. The van der Waals surface area contributed by atoms with Crippen LogP contribution in [0.5, 0.6) is 11.5 Å². The van der Waals surface area contributed by atoms with Crippen LogP contribution in [0.15, 0.2) is 54.6 Å². The van der Waals surface area contributed by atoms with Crippen LogP contribution < -0.4 is 9.47 Å². The van der Waals surface area contributed by atoms with E-state index in [2.05, 4.69) is 0 Å². The quantitative estimate of drug-likeness (QED) is 0.572. The van der Waals surface area contributed by atoms with Gasteiger partial charge in [0.25, 0.3) is 5.91 Å². The van der Waals surface area contributed by atoms with Crippen LogP contribution in [0.2, 0.25) is 0 Å². The third-order valence-electron chi connectivity index (χ3n) is 4.69. The maximum atomic E-state index is 13.0. The first kappa shape index (κ1) is 19.0. The second-order valence-corrected chi connectivity index (χ2v) is 6.61. The number of nitrogens with zero attached hydrogens (tertiary/aromatic N) is 1. The highest BCUT2D eigenvalue weighted by Crippen LogP contribution is 2.32. The molecule has 2 aromatic rings. The van der Waals surface area contributed by atoms with Crippen LogP contribution in [0.25, 0.3) is 6.08 Å². The lowest BCUT2D eigenvalue weighted by molar-refractivity contribution is -0.159. The lowest BCUT2D eigenvalue weighted by atomic mass is 10.1. The van der Waals surface area contributed by atoms with Gasteiger partial charge in [-0.3, -0.25) is 4.79 Å². The molecule has 4 rings (SSSR count). The molecule has 2 aliphatic rings. The first-order valence-electron chi connectivity index (χ1n) is 9.40. The first-order chi connectivity index (χ1) is 14.2. The average Bonchev–Trinajstić information content (AvgIpc) is 3.25. The Bertz CT molecular complexity index is 905. The van der Waals surface area contributed by atoms with Gasteiger partial charge in [-0.25, -0.2) is 4.79 Å². The van der Waals surface area contributed by atoms with Gasteiger partial charge in [-0.05, 0) is 23.8 Å². The predicted molar refractivity (Wildman–Crippen MR) is 104 cm³/mol. The molecule has 2 heterocycles. The second-order valence-electron chi connectivity index (χ2n) is 6.61. The van der Waals surface area contributed by atoms with Gasteiger partial charge < -0.3 is 23.8 Å². The number of hydrogen-bond donors (Lipinski definition) is 0. The topological polar surface area (TPSA) is 74.3 Å². The maximum Gasteiger partial charge on any atom is 0.331 e. The average molecular weight is 395 g/mol. The fourth-order valence-electron chi connectivity index (χ4n) is 3.17. The molecule has 2 aliphatic heterocycles. The van der Waals surface area contributed by atoms with Crippen molar-refractivity contribution in [2.75, 3.05) is 33.1 Å². The minimum Gasteiger partial charge on any atom is -0.454 e. The van der Waals surface area contributed by atoms with E-state index in [-0.39, 0.29) is 12.7 Å². The zero-order valence-corrected chi connectivity index (χ0v) is 15.8. The van der Waals surface area contributed by atoms with Gasteiger partial charge >= 0.3 is 5.97 Å². The standard InChI is InChI=1S/C22H21NO6/c24-20(9-7-16-6-8-18-19(14-16)28-15-27-18)29-21(17-4-2-1-3-5-17)22(25)23-10-12-26-13-11-23/h1-9,14,21H,10-13,15H2/b9-7+/t21-/m0/s1. The van der Waals surface area contributed by atoms with E-state index in [4.69, 9.17) is 18.9 Å². The third-order valence-corrected chi connectivity index (χ3v) is 4.69. The van der Waals surface area contributed by atoms with Crippen LogP contribution in [0.4, 0.5) is 0 Å². The molecule has 0 bridgehead atoms. The Morgan fingerprint density at radius 2 is 1.76 bits per heavy atom. The summed E-state index contributed by atoms with van der Waals surface area (Å²) in [7, 11) is 0. The molecule has 0 spiro atoms. The van der Waals surface area contributed by atoms with Gasteiger partial charge in [-0.15, -0.1) is 0 Å². The SMILES string of the molecule is O=C(/C=C/c1ccc2c(c1)OCO2)O[C@H](C(=O)N1CCOCC1)c1ccccc1. The summed E-state index contributed by atoms with van der Waals surface area (Å²) in [6, 6.07) is 14.4. The molecular formula is C22H21NO6. The van der Waals surface area contributed by atoms with Crippen LogP contribution in [0.1, 0.15) is 17.2 Å². The van der Waals surface area contributed by atoms with Crippen molar-refractivity contribution in [2.24, 2.45) is 0 Å². The van der Waals surface area contributed by atoms with Crippen molar-refractivity contribution in [3.05, 3.63) is 65.7 Å². The van der Waals surface area contributed by atoms with E-state index >= 15 is 0 Å². The fourth-order valence-corrected chi connectivity index (χ4v) is 3.17. The minimum absolute atomic E-state index is 0.187. The molecule has 0 saturated carbocycles. The van der Waals surface area contributed by atoms with Crippen molar-refractivity contribution >= 4 is 18.0 Å². The van der Waals surface area contributed by atoms with Gasteiger partial charge in [0, 0.05) is 24.7 Å². The highest BCUT2D eigenvalue weighted by molar-refractivity contribution is 5.91. The van der Waals surface area contributed by atoms with Gasteiger partial charge in [-0.2, -0.15) is 0 Å². The van der Waals surface area contributed by atoms with E-state index in [0.29, 0.717) is 43.4 Å². The highest BCUT2D eigenvalue weighted by atomic mass is 16.7. The normalized spacial score (nSPS) is 16.6. The Morgan fingerprint density at radius 3 is 2.55 bits per heavy atom. The summed E-state index contributed by atoms with van der Waals surface area (Å²) in [5, 5.41) is 0. The molecule has 1 amide bonds. The van der Waals surface area contributed by atoms with Crippen LogP contribution in [0, 0.1) is 0 Å². The summed E-state index contributed by atoms with van der Waals surface area (Å²) in [4.78, 5) is 27.1. The smallest absolute Gasteiger partial charge is 0.331 e. The summed E-state index contributed by atoms with van der Waals surface area (Å²) in [6.45, 7) is 2.10. The lowest BCUT2D eigenvalue weighted by Crippen LogP contribution is -2.44. The van der Waals surface area contributed by atoms with E-state index < -0.39 is 12.1 Å². The number of fused-ring (bicyclic) bond motifs is 1. The second kappa shape index (κ2) is 8.79. The molecule has 0 aliphatic carbocycles. The van der Waals surface area contributed by atoms with E-state index in [0.717, 1.165) is 5.56 Å². The van der Waals surface area contributed by atoms with Gasteiger partial charge in [-0.1, -0.05) is 36.4 Å². The number of amides is 1. The molecule has 0 radical (unpaired) electrons. The predicted octanol–water partition coefficient (Wildman–Crippen LogP) is 2.57. The van der Waals surface area contributed by atoms with Gasteiger partial charge in [0.1, 0.15) is 0 Å². The number of hydrogen-bond acceptors (Lipinski definition) is 6. The zero-order chi connectivity index (χ0) is 20.1. The van der Waals surface area contributed by atoms with Crippen molar-refractivity contribution in [1.29, 1.82) is 0 Å². The van der Waals surface area contributed by atoms with Crippen molar-refractivity contribution in [1.82, 2.24) is 4.90 Å². The van der Waals surface area contributed by atoms with E-state index in [1.54, 1.807) is 35.2 Å². The monoisotopic (exact) mass is 395 g/mol. The Morgan fingerprint density at radius 1 is 1.00 bits per heavy atom. The van der Waals surface area contributed by atoms with Gasteiger partial charge in [0.15, 0.2) is 11.5 Å². The number of morpholine rings is 1.